The number of aromatic nitrogens is 1. The molecule has 0 aliphatic heterocycles. The number of rotatable bonds is 4. The number of hydrogen-bond donors (Lipinski definition) is 2. The van der Waals surface area contributed by atoms with E-state index in [0.29, 0.717) is 22.2 Å². The molecular formula is C17H21ClN2O2. The largest absolute Gasteiger partial charge is 0.489 e. The van der Waals surface area contributed by atoms with Crippen LogP contribution in [0.1, 0.15) is 32.6 Å². The first kappa shape index (κ1) is 15.4. The molecule has 1 heterocycles. The third-order valence-electron chi connectivity index (χ3n) is 4.31. The van der Waals surface area contributed by atoms with Crippen molar-refractivity contribution in [3.05, 3.63) is 39.8 Å². The van der Waals surface area contributed by atoms with Crippen molar-refractivity contribution in [2.75, 3.05) is 6.54 Å². The molecular weight excluding hydrogens is 300 g/mol. The van der Waals surface area contributed by atoms with Crippen LogP contribution in [-0.4, -0.2) is 23.7 Å². The van der Waals surface area contributed by atoms with Crippen LogP contribution in [0.4, 0.5) is 0 Å². The van der Waals surface area contributed by atoms with Crippen molar-refractivity contribution >= 4 is 22.4 Å². The van der Waals surface area contributed by atoms with Gasteiger partial charge in [0.25, 0.3) is 5.56 Å². The molecule has 2 N–H and O–H groups in total. The summed E-state index contributed by atoms with van der Waals surface area (Å²) in [6.45, 7) is 3.15. The molecule has 2 aromatic rings. The van der Waals surface area contributed by atoms with E-state index in [4.69, 9.17) is 16.3 Å². The number of nitrogens with one attached hydrogen (secondary N) is 2. The first-order chi connectivity index (χ1) is 10.7. The molecule has 0 amide bonds. The van der Waals surface area contributed by atoms with Gasteiger partial charge in [-0.05, 0) is 50.4 Å². The zero-order valence-corrected chi connectivity index (χ0v) is 13.5. The lowest BCUT2D eigenvalue weighted by atomic mass is 9.93. The van der Waals surface area contributed by atoms with Gasteiger partial charge in [0, 0.05) is 23.0 Å². The van der Waals surface area contributed by atoms with Crippen molar-refractivity contribution in [2.45, 2.75) is 44.8 Å². The predicted octanol–water partition coefficient (Wildman–Crippen LogP) is 3.48. The zero-order chi connectivity index (χ0) is 15.5. The Balaban J connectivity index is 1.75. The molecule has 0 radical (unpaired) electrons. The van der Waals surface area contributed by atoms with E-state index in [0.717, 1.165) is 37.6 Å². The Kier molecular flexibility index (Phi) is 4.69. The van der Waals surface area contributed by atoms with Gasteiger partial charge >= 0.3 is 0 Å². The van der Waals surface area contributed by atoms with Gasteiger partial charge in [-0.2, -0.15) is 0 Å². The van der Waals surface area contributed by atoms with Gasteiger partial charge in [-0.3, -0.25) is 4.79 Å². The number of halogens is 1. The summed E-state index contributed by atoms with van der Waals surface area (Å²) in [6, 6.07) is 6.00. The Morgan fingerprint density at radius 2 is 2.00 bits per heavy atom. The lowest BCUT2D eigenvalue weighted by molar-refractivity contribution is 0.140. The van der Waals surface area contributed by atoms with E-state index in [-0.39, 0.29) is 11.7 Å². The SMILES string of the molecule is CCN[C@H]1CC[C@@H](Oc2ccc3c(=O)[nH]ccc3c2Cl)CC1. The van der Waals surface area contributed by atoms with Gasteiger partial charge < -0.3 is 15.0 Å². The summed E-state index contributed by atoms with van der Waals surface area (Å²) >= 11 is 6.42. The van der Waals surface area contributed by atoms with Crippen LogP contribution in [0.3, 0.4) is 0 Å². The third kappa shape index (κ3) is 3.13. The molecule has 1 aliphatic carbocycles. The van der Waals surface area contributed by atoms with Crippen LogP contribution >= 0.6 is 11.6 Å². The maximum absolute atomic E-state index is 11.8. The fourth-order valence-corrected chi connectivity index (χ4v) is 3.43. The fourth-order valence-electron chi connectivity index (χ4n) is 3.16. The number of pyridine rings is 1. The van der Waals surface area contributed by atoms with E-state index in [9.17, 15) is 4.79 Å². The summed E-state index contributed by atoms with van der Waals surface area (Å²) in [6.07, 6.45) is 6.13. The molecule has 1 aliphatic rings. The third-order valence-corrected chi connectivity index (χ3v) is 4.70. The van der Waals surface area contributed by atoms with Gasteiger partial charge in [-0.15, -0.1) is 0 Å². The molecule has 5 heteroatoms. The van der Waals surface area contributed by atoms with Crippen LogP contribution in [0.5, 0.6) is 5.75 Å². The summed E-state index contributed by atoms with van der Waals surface area (Å²) in [7, 11) is 0. The second-order valence-corrected chi connectivity index (χ2v) is 6.17. The maximum atomic E-state index is 11.8. The lowest BCUT2D eigenvalue weighted by Crippen LogP contribution is -2.36. The molecule has 0 spiro atoms. The van der Waals surface area contributed by atoms with Crippen LogP contribution in [0, 0.1) is 0 Å². The molecule has 118 valence electrons. The highest BCUT2D eigenvalue weighted by Crippen LogP contribution is 2.33. The van der Waals surface area contributed by atoms with Gasteiger partial charge in [0.1, 0.15) is 5.75 Å². The first-order valence-corrected chi connectivity index (χ1v) is 8.26. The number of H-pyrrole nitrogens is 1. The molecule has 0 unspecified atom stereocenters. The fraction of sp³-hybridized carbons (Fsp3) is 0.471. The standard InChI is InChI=1S/C17H21ClN2O2/c1-2-19-11-3-5-12(6-4-11)22-15-8-7-14-13(16(15)18)9-10-20-17(14)21/h7-12,19H,2-6H2,1H3,(H,20,21)/t11-,12+. The van der Waals surface area contributed by atoms with Crippen LogP contribution in [0.2, 0.25) is 5.02 Å². The topological polar surface area (TPSA) is 54.1 Å². The van der Waals surface area contributed by atoms with E-state index < -0.39 is 0 Å². The van der Waals surface area contributed by atoms with Crippen molar-refractivity contribution in [2.24, 2.45) is 0 Å². The van der Waals surface area contributed by atoms with E-state index in [2.05, 4.69) is 17.2 Å². The average molecular weight is 321 g/mol. The Morgan fingerprint density at radius 3 is 2.73 bits per heavy atom. The molecule has 4 nitrogen and oxygen atoms in total. The molecule has 1 aromatic carbocycles. The van der Waals surface area contributed by atoms with Crippen LogP contribution in [-0.2, 0) is 0 Å². The molecule has 22 heavy (non-hydrogen) atoms. The second-order valence-electron chi connectivity index (χ2n) is 5.79. The van der Waals surface area contributed by atoms with Crippen LogP contribution in [0.15, 0.2) is 29.2 Å². The second kappa shape index (κ2) is 6.71. The van der Waals surface area contributed by atoms with Gasteiger partial charge in [-0.1, -0.05) is 18.5 Å². The molecule has 0 saturated heterocycles. The van der Waals surface area contributed by atoms with Crippen molar-refractivity contribution in [1.29, 1.82) is 0 Å². The predicted molar refractivity (Wildman–Crippen MR) is 89.9 cm³/mol. The minimum Gasteiger partial charge on any atom is -0.489 e. The Bertz CT molecular complexity index is 705. The van der Waals surface area contributed by atoms with E-state index in [1.807, 2.05) is 6.07 Å². The van der Waals surface area contributed by atoms with E-state index in [1.54, 1.807) is 18.3 Å². The van der Waals surface area contributed by atoms with Crippen molar-refractivity contribution in [3.63, 3.8) is 0 Å². The number of ether oxygens (including phenoxy) is 1. The van der Waals surface area contributed by atoms with E-state index >= 15 is 0 Å². The molecule has 3 rings (SSSR count). The average Bonchev–Trinajstić information content (AvgIpc) is 2.53. The van der Waals surface area contributed by atoms with Gasteiger partial charge in [0.05, 0.1) is 11.1 Å². The number of fused-ring (bicyclic) bond motifs is 1. The summed E-state index contributed by atoms with van der Waals surface area (Å²) in [5, 5.41) is 5.35. The smallest absolute Gasteiger partial charge is 0.255 e. The highest BCUT2D eigenvalue weighted by atomic mass is 35.5. The molecule has 1 fully saturated rings. The monoisotopic (exact) mass is 320 g/mol. The summed E-state index contributed by atoms with van der Waals surface area (Å²) in [5.41, 5.74) is -0.128. The van der Waals surface area contributed by atoms with Crippen LogP contribution in [0.25, 0.3) is 10.8 Å². The highest BCUT2D eigenvalue weighted by molar-refractivity contribution is 6.37. The Morgan fingerprint density at radius 1 is 1.23 bits per heavy atom. The summed E-state index contributed by atoms with van der Waals surface area (Å²) in [5.74, 6) is 0.673. The van der Waals surface area contributed by atoms with Crippen LogP contribution < -0.4 is 15.6 Å². The summed E-state index contributed by atoms with van der Waals surface area (Å²) in [4.78, 5) is 14.4. The number of hydrogen-bond acceptors (Lipinski definition) is 3. The number of benzene rings is 1. The minimum atomic E-state index is -0.128. The Labute approximate surface area is 134 Å². The molecule has 1 saturated carbocycles. The van der Waals surface area contributed by atoms with Crippen molar-refractivity contribution in [1.82, 2.24) is 10.3 Å². The Hall–Kier alpha value is -1.52. The van der Waals surface area contributed by atoms with Gasteiger partial charge in [-0.25, -0.2) is 0 Å². The quantitative estimate of drug-likeness (QED) is 0.906. The van der Waals surface area contributed by atoms with Crippen molar-refractivity contribution < 1.29 is 4.74 Å². The normalized spacial score (nSPS) is 21.9. The maximum Gasteiger partial charge on any atom is 0.255 e. The number of aromatic amines is 1. The minimum absolute atomic E-state index is 0.128. The van der Waals surface area contributed by atoms with Crippen molar-refractivity contribution in [3.8, 4) is 5.75 Å². The van der Waals surface area contributed by atoms with Gasteiger partial charge in [0.15, 0.2) is 0 Å². The lowest BCUT2D eigenvalue weighted by Gasteiger charge is -2.29. The molecule has 0 atom stereocenters. The summed E-state index contributed by atoms with van der Waals surface area (Å²) < 4.78 is 6.09. The highest BCUT2D eigenvalue weighted by Gasteiger charge is 2.22. The van der Waals surface area contributed by atoms with E-state index in [1.165, 1.54) is 0 Å². The van der Waals surface area contributed by atoms with Gasteiger partial charge in [0.2, 0.25) is 0 Å². The molecule has 0 bridgehead atoms. The zero-order valence-electron chi connectivity index (χ0n) is 12.7. The molecule has 1 aromatic heterocycles. The first-order valence-electron chi connectivity index (χ1n) is 7.89.